The second kappa shape index (κ2) is 9.34. The van der Waals surface area contributed by atoms with Crippen molar-refractivity contribution in [2.45, 2.75) is 19.9 Å². The monoisotopic (exact) mass is 416 g/mol. The van der Waals surface area contributed by atoms with Gasteiger partial charge in [0, 0.05) is 11.0 Å². The molecule has 0 aliphatic heterocycles. The van der Waals surface area contributed by atoms with Gasteiger partial charge in [-0.25, -0.2) is 4.39 Å². The molecule has 0 atom stereocenters. The molecule has 0 radical (unpaired) electrons. The molecule has 0 aliphatic rings. The Bertz CT molecular complexity index is 701. The number of nitrogens with one attached hydrogen (secondary N) is 2. The maximum Gasteiger partial charge on any atom is 0.147 e. The predicted molar refractivity (Wildman–Crippen MR) is 98.1 cm³/mol. The Balaban J connectivity index is 2.28. The molecule has 0 heterocycles. The van der Waals surface area contributed by atoms with Crippen LogP contribution < -0.4 is 10.8 Å². The largest absolute Gasteiger partial charge is 0.394 e. The molecule has 0 spiro atoms. The van der Waals surface area contributed by atoms with Gasteiger partial charge in [-0.05, 0) is 41.8 Å². The van der Waals surface area contributed by atoms with Crippen LogP contribution in [0.4, 0.5) is 15.8 Å². The summed E-state index contributed by atoms with van der Waals surface area (Å²) in [4.78, 5) is 5.06. The summed E-state index contributed by atoms with van der Waals surface area (Å²) in [6.45, 7) is 2.33. The Morgan fingerprint density at radius 3 is 2.75 bits per heavy atom. The molecule has 24 heavy (non-hydrogen) atoms. The van der Waals surface area contributed by atoms with Gasteiger partial charge in [0.25, 0.3) is 0 Å². The van der Waals surface area contributed by atoms with E-state index >= 15 is 0 Å². The molecule has 3 N–H and O–H groups in total. The van der Waals surface area contributed by atoms with Gasteiger partial charge >= 0.3 is 0 Å². The summed E-state index contributed by atoms with van der Waals surface area (Å²) in [6.07, 6.45) is 0.723. The van der Waals surface area contributed by atoms with E-state index in [0.29, 0.717) is 28.5 Å². The number of anilines is 2. The van der Waals surface area contributed by atoms with Gasteiger partial charge in [-0.2, -0.15) is 5.48 Å². The molecule has 0 bridgehead atoms. The summed E-state index contributed by atoms with van der Waals surface area (Å²) in [5.41, 5.74) is 5.28. The topological polar surface area (TPSA) is 53.5 Å². The average molecular weight is 418 g/mol. The van der Waals surface area contributed by atoms with E-state index in [2.05, 4.69) is 26.7 Å². The molecular weight excluding hydrogens is 399 g/mol. The lowest BCUT2D eigenvalue weighted by Gasteiger charge is -2.16. The molecular formula is C17H19BrClFN2O2. The SMILES string of the molecule is CCc1cc(F)c(Nc2ccc(Br)cc2Cl)c(CNOCCO)c1. The van der Waals surface area contributed by atoms with Crippen molar-refractivity contribution in [3.05, 3.63) is 56.8 Å². The van der Waals surface area contributed by atoms with Crippen molar-refractivity contribution in [1.29, 1.82) is 0 Å². The van der Waals surface area contributed by atoms with Gasteiger partial charge < -0.3 is 10.4 Å². The first-order chi connectivity index (χ1) is 11.5. The summed E-state index contributed by atoms with van der Waals surface area (Å²) in [7, 11) is 0. The van der Waals surface area contributed by atoms with Gasteiger partial charge in [-0.1, -0.05) is 40.5 Å². The summed E-state index contributed by atoms with van der Waals surface area (Å²) in [5.74, 6) is -0.354. The van der Waals surface area contributed by atoms with Crippen molar-refractivity contribution in [1.82, 2.24) is 5.48 Å². The van der Waals surface area contributed by atoms with Gasteiger partial charge in [0.05, 0.1) is 29.6 Å². The molecule has 7 heteroatoms. The summed E-state index contributed by atoms with van der Waals surface area (Å²) in [6, 6.07) is 8.76. The Labute approximate surface area is 154 Å². The fourth-order valence-corrected chi connectivity index (χ4v) is 2.90. The van der Waals surface area contributed by atoms with Gasteiger partial charge in [0.2, 0.25) is 0 Å². The maximum atomic E-state index is 14.5. The average Bonchev–Trinajstić information content (AvgIpc) is 2.56. The molecule has 0 amide bonds. The van der Waals surface area contributed by atoms with Crippen molar-refractivity contribution >= 4 is 38.9 Å². The Kier molecular flexibility index (Phi) is 7.45. The van der Waals surface area contributed by atoms with E-state index in [1.54, 1.807) is 12.1 Å². The highest BCUT2D eigenvalue weighted by molar-refractivity contribution is 9.10. The van der Waals surface area contributed by atoms with Crippen LogP contribution in [0.5, 0.6) is 0 Å². The van der Waals surface area contributed by atoms with Crippen LogP contribution in [-0.4, -0.2) is 18.3 Å². The second-order valence-electron chi connectivity index (χ2n) is 5.11. The Hall–Kier alpha value is -1.18. The third-order valence-corrected chi connectivity index (χ3v) is 4.19. The normalized spacial score (nSPS) is 10.9. The lowest BCUT2D eigenvalue weighted by Crippen LogP contribution is -2.18. The first kappa shape index (κ1) is 19.1. The fourth-order valence-electron chi connectivity index (χ4n) is 2.18. The molecule has 4 nitrogen and oxygen atoms in total. The first-order valence-corrected chi connectivity index (χ1v) is 8.71. The maximum absolute atomic E-state index is 14.5. The van der Waals surface area contributed by atoms with Gasteiger partial charge in [0.1, 0.15) is 5.82 Å². The van der Waals surface area contributed by atoms with E-state index in [1.807, 2.05) is 19.1 Å². The van der Waals surface area contributed by atoms with E-state index in [9.17, 15) is 4.39 Å². The van der Waals surface area contributed by atoms with Crippen molar-refractivity contribution in [3.63, 3.8) is 0 Å². The summed E-state index contributed by atoms with van der Waals surface area (Å²) >= 11 is 9.55. The second-order valence-corrected chi connectivity index (χ2v) is 6.43. The lowest BCUT2D eigenvalue weighted by molar-refractivity contribution is 0.0138. The number of aliphatic hydroxyl groups excluding tert-OH is 1. The number of hydroxylamine groups is 1. The Morgan fingerprint density at radius 2 is 2.08 bits per heavy atom. The fraction of sp³-hybridized carbons (Fsp3) is 0.294. The van der Waals surface area contributed by atoms with Crippen molar-refractivity contribution in [2.24, 2.45) is 0 Å². The van der Waals surface area contributed by atoms with E-state index in [1.165, 1.54) is 6.07 Å². The van der Waals surface area contributed by atoms with Crippen LogP contribution in [0.3, 0.4) is 0 Å². The van der Waals surface area contributed by atoms with Crippen molar-refractivity contribution in [2.75, 3.05) is 18.5 Å². The molecule has 2 rings (SSSR count). The highest BCUT2D eigenvalue weighted by Gasteiger charge is 2.13. The third-order valence-electron chi connectivity index (χ3n) is 3.39. The van der Waals surface area contributed by atoms with Crippen LogP contribution in [0.15, 0.2) is 34.8 Å². The number of aryl methyl sites for hydroxylation is 1. The zero-order valence-electron chi connectivity index (χ0n) is 13.2. The van der Waals surface area contributed by atoms with Gasteiger partial charge in [-0.15, -0.1) is 0 Å². The number of rotatable bonds is 8. The first-order valence-electron chi connectivity index (χ1n) is 7.54. The van der Waals surface area contributed by atoms with E-state index in [4.69, 9.17) is 21.5 Å². The third kappa shape index (κ3) is 5.16. The highest BCUT2D eigenvalue weighted by atomic mass is 79.9. The van der Waals surface area contributed by atoms with Crippen LogP contribution in [0.1, 0.15) is 18.1 Å². The molecule has 0 unspecified atom stereocenters. The molecule has 0 fully saturated rings. The number of hydrogen-bond acceptors (Lipinski definition) is 4. The molecule has 0 aliphatic carbocycles. The van der Waals surface area contributed by atoms with Gasteiger partial charge in [-0.3, -0.25) is 4.84 Å². The van der Waals surface area contributed by atoms with Crippen LogP contribution in [0.25, 0.3) is 0 Å². The zero-order chi connectivity index (χ0) is 17.5. The molecule has 0 aromatic heterocycles. The van der Waals surface area contributed by atoms with E-state index in [0.717, 1.165) is 16.5 Å². The number of benzene rings is 2. The lowest BCUT2D eigenvalue weighted by atomic mass is 10.1. The van der Waals surface area contributed by atoms with Crippen LogP contribution in [0.2, 0.25) is 5.02 Å². The molecule has 0 saturated heterocycles. The number of aliphatic hydroxyl groups is 1. The number of hydrogen-bond donors (Lipinski definition) is 3. The van der Waals surface area contributed by atoms with E-state index in [-0.39, 0.29) is 19.0 Å². The van der Waals surface area contributed by atoms with Crippen LogP contribution >= 0.6 is 27.5 Å². The predicted octanol–water partition coefficient (Wildman–Crippen LogP) is 4.56. The quantitative estimate of drug-likeness (QED) is 0.435. The van der Waals surface area contributed by atoms with Crippen LogP contribution in [0, 0.1) is 5.82 Å². The molecule has 2 aromatic carbocycles. The van der Waals surface area contributed by atoms with E-state index < -0.39 is 0 Å². The van der Waals surface area contributed by atoms with Crippen molar-refractivity contribution in [3.8, 4) is 0 Å². The van der Waals surface area contributed by atoms with Crippen LogP contribution in [-0.2, 0) is 17.8 Å². The molecule has 2 aromatic rings. The zero-order valence-corrected chi connectivity index (χ0v) is 15.5. The summed E-state index contributed by atoms with van der Waals surface area (Å²) < 4.78 is 15.4. The highest BCUT2D eigenvalue weighted by Crippen LogP contribution is 2.32. The Morgan fingerprint density at radius 1 is 1.29 bits per heavy atom. The smallest absolute Gasteiger partial charge is 0.147 e. The van der Waals surface area contributed by atoms with Crippen molar-refractivity contribution < 1.29 is 14.3 Å². The summed E-state index contributed by atoms with van der Waals surface area (Å²) in [5, 5.41) is 12.3. The standard InChI is InChI=1S/C17H19BrClFN2O2/c1-2-11-7-12(10-21-24-6-5-23)17(15(20)8-11)22-16-4-3-13(18)9-14(16)19/h3-4,7-9,21-23H,2,5-6,10H2,1H3. The van der Waals surface area contributed by atoms with Gasteiger partial charge in [0.15, 0.2) is 0 Å². The molecule has 0 saturated carbocycles. The minimum Gasteiger partial charge on any atom is -0.394 e. The molecule has 130 valence electrons. The number of halogens is 3. The minimum atomic E-state index is -0.354. The minimum absolute atomic E-state index is 0.0873.